The first kappa shape index (κ1) is 22.9. The van der Waals surface area contributed by atoms with Crippen LogP contribution < -0.4 is 5.32 Å². The zero-order chi connectivity index (χ0) is 21.5. The normalized spacial score (nSPS) is 16.9. The van der Waals surface area contributed by atoms with Crippen LogP contribution in [0.4, 0.5) is 0 Å². The van der Waals surface area contributed by atoms with Gasteiger partial charge in [-0.25, -0.2) is 4.79 Å². The number of benzene rings is 2. The molecule has 2 aromatic rings. The quantitative estimate of drug-likeness (QED) is 0.573. The Morgan fingerprint density at radius 1 is 1.17 bits per heavy atom. The molecule has 1 heterocycles. The molecule has 6 nitrogen and oxygen atoms in total. The second-order valence-electron chi connectivity index (χ2n) is 6.90. The van der Waals surface area contributed by atoms with Gasteiger partial charge in [-0.2, -0.15) is 0 Å². The van der Waals surface area contributed by atoms with Crippen molar-refractivity contribution in [1.29, 1.82) is 0 Å². The zero-order valence-electron chi connectivity index (χ0n) is 16.1. The number of carboxylic acid groups (broad SMARTS) is 1. The molecule has 0 aromatic heterocycles. The maximum atomic E-state index is 12.2. The molecule has 0 aliphatic carbocycles. The van der Waals surface area contributed by atoms with E-state index < -0.39 is 5.97 Å². The molecule has 30 heavy (non-hydrogen) atoms. The predicted octanol–water partition coefficient (Wildman–Crippen LogP) is 3.80. The lowest BCUT2D eigenvalue weighted by atomic mass is 10.2. The average Bonchev–Trinajstić information content (AvgIpc) is 2.74. The van der Waals surface area contributed by atoms with Crippen molar-refractivity contribution in [1.82, 2.24) is 10.2 Å². The fraction of sp³-hybridized carbons (Fsp3) is 0.333. The van der Waals surface area contributed by atoms with Crippen LogP contribution in [0.25, 0.3) is 0 Å². The summed E-state index contributed by atoms with van der Waals surface area (Å²) in [7, 11) is 0. The summed E-state index contributed by atoms with van der Waals surface area (Å²) >= 11 is 13.4. The van der Waals surface area contributed by atoms with Crippen molar-refractivity contribution >= 4 is 46.8 Å². The number of hydrogen-bond donors (Lipinski definition) is 2. The minimum Gasteiger partial charge on any atom is -0.478 e. The van der Waals surface area contributed by atoms with E-state index in [0.717, 1.165) is 23.5 Å². The summed E-state index contributed by atoms with van der Waals surface area (Å²) in [6.07, 6.45) is -0.0784. The summed E-state index contributed by atoms with van der Waals surface area (Å²) in [5, 5.41) is 12.9. The van der Waals surface area contributed by atoms with Crippen LogP contribution in [0.1, 0.15) is 15.9 Å². The molecule has 3 rings (SSSR count). The number of aromatic carboxylic acids is 1. The van der Waals surface area contributed by atoms with Gasteiger partial charge in [0, 0.05) is 31.1 Å². The van der Waals surface area contributed by atoms with Gasteiger partial charge >= 0.3 is 5.97 Å². The Morgan fingerprint density at radius 2 is 1.93 bits per heavy atom. The van der Waals surface area contributed by atoms with E-state index in [2.05, 4.69) is 10.2 Å². The third kappa shape index (κ3) is 6.89. The van der Waals surface area contributed by atoms with Gasteiger partial charge in [-0.1, -0.05) is 29.3 Å². The van der Waals surface area contributed by atoms with Crippen molar-refractivity contribution in [2.24, 2.45) is 0 Å². The van der Waals surface area contributed by atoms with Crippen LogP contribution in [-0.2, 0) is 16.1 Å². The van der Waals surface area contributed by atoms with Gasteiger partial charge in [0.05, 0.1) is 34.1 Å². The molecular weight excluding hydrogens is 447 g/mol. The molecule has 0 spiro atoms. The van der Waals surface area contributed by atoms with Gasteiger partial charge in [-0.15, -0.1) is 11.8 Å². The number of carboxylic acids is 1. The van der Waals surface area contributed by atoms with Crippen molar-refractivity contribution in [3.05, 3.63) is 63.6 Å². The van der Waals surface area contributed by atoms with Gasteiger partial charge in [0.2, 0.25) is 5.91 Å². The monoisotopic (exact) mass is 468 g/mol. The van der Waals surface area contributed by atoms with Crippen LogP contribution in [0.5, 0.6) is 0 Å². The Hall–Kier alpha value is -1.77. The van der Waals surface area contributed by atoms with Crippen molar-refractivity contribution in [2.45, 2.75) is 17.5 Å². The Morgan fingerprint density at radius 3 is 2.63 bits per heavy atom. The SMILES string of the molecule is O=C(CSc1ccc(C(=O)O)cc1)NC[C@H]1CN(Cc2ccc(Cl)c(Cl)c2)CCO1. The third-order valence-electron chi connectivity index (χ3n) is 4.61. The molecule has 9 heteroatoms. The van der Waals surface area contributed by atoms with E-state index in [9.17, 15) is 9.59 Å². The number of halogens is 2. The van der Waals surface area contributed by atoms with Crippen LogP contribution >= 0.6 is 35.0 Å². The molecule has 2 N–H and O–H groups in total. The molecular formula is C21H22Cl2N2O4S. The number of nitrogens with one attached hydrogen (secondary N) is 1. The predicted molar refractivity (Wildman–Crippen MR) is 119 cm³/mol. The number of carbonyl (C=O) groups excluding carboxylic acids is 1. The molecule has 0 bridgehead atoms. The molecule has 2 aromatic carbocycles. The average molecular weight is 469 g/mol. The fourth-order valence-electron chi connectivity index (χ4n) is 3.07. The Balaban J connectivity index is 1.40. The lowest BCUT2D eigenvalue weighted by Gasteiger charge is -2.33. The lowest BCUT2D eigenvalue weighted by molar-refractivity contribution is -0.119. The number of nitrogens with zero attached hydrogens (tertiary/aromatic N) is 1. The van der Waals surface area contributed by atoms with Crippen LogP contribution in [0.15, 0.2) is 47.4 Å². The van der Waals surface area contributed by atoms with E-state index in [1.165, 1.54) is 23.9 Å². The van der Waals surface area contributed by atoms with Gasteiger partial charge < -0.3 is 15.2 Å². The lowest BCUT2D eigenvalue weighted by Crippen LogP contribution is -2.47. The van der Waals surface area contributed by atoms with E-state index >= 15 is 0 Å². The minimum atomic E-state index is -0.968. The number of amides is 1. The Kier molecular flexibility index (Phi) is 8.41. The summed E-state index contributed by atoms with van der Waals surface area (Å²) in [6.45, 7) is 3.31. The van der Waals surface area contributed by atoms with Gasteiger partial charge in [0.25, 0.3) is 0 Å². The largest absolute Gasteiger partial charge is 0.478 e. The van der Waals surface area contributed by atoms with Crippen LogP contribution in [0.2, 0.25) is 10.0 Å². The standard InChI is InChI=1S/C21H22Cl2N2O4S/c22-18-6-1-14(9-19(18)23)11-25-7-8-29-16(12-25)10-24-20(26)13-30-17-4-2-15(3-5-17)21(27)28/h1-6,9,16H,7-8,10-13H2,(H,24,26)(H,27,28)/t16-/m0/s1. The molecule has 160 valence electrons. The first-order valence-electron chi connectivity index (χ1n) is 9.41. The minimum absolute atomic E-state index is 0.0784. The van der Waals surface area contributed by atoms with Crippen LogP contribution in [0.3, 0.4) is 0 Å². The number of ether oxygens (including phenoxy) is 1. The maximum absolute atomic E-state index is 12.2. The molecule has 1 saturated heterocycles. The van der Waals surface area contributed by atoms with Crippen molar-refractivity contribution in [2.75, 3.05) is 32.0 Å². The van der Waals surface area contributed by atoms with E-state index in [4.69, 9.17) is 33.0 Å². The van der Waals surface area contributed by atoms with Crippen LogP contribution in [0, 0.1) is 0 Å². The van der Waals surface area contributed by atoms with E-state index in [-0.39, 0.29) is 23.3 Å². The molecule has 1 aliphatic heterocycles. The summed E-state index contributed by atoms with van der Waals surface area (Å²) < 4.78 is 5.77. The Labute approximate surface area is 189 Å². The highest BCUT2D eigenvalue weighted by Gasteiger charge is 2.21. The number of thioether (sulfide) groups is 1. The fourth-order valence-corrected chi connectivity index (χ4v) is 4.11. The number of rotatable bonds is 8. The summed E-state index contributed by atoms with van der Waals surface area (Å²) in [5.41, 5.74) is 1.31. The summed E-state index contributed by atoms with van der Waals surface area (Å²) in [4.78, 5) is 26.1. The second kappa shape index (κ2) is 11.0. The van der Waals surface area contributed by atoms with Crippen LogP contribution in [-0.4, -0.2) is 60.0 Å². The molecule has 1 aliphatic rings. The Bertz CT molecular complexity index is 895. The van der Waals surface area contributed by atoms with Gasteiger partial charge in [0.15, 0.2) is 0 Å². The maximum Gasteiger partial charge on any atom is 0.335 e. The van der Waals surface area contributed by atoms with E-state index in [1.54, 1.807) is 18.2 Å². The molecule has 0 saturated carbocycles. The van der Waals surface area contributed by atoms with Gasteiger partial charge in [-0.05, 0) is 42.0 Å². The molecule has 0 radical (unpaired) electrons. The number of morpholine rings is 1. The van der Waals surface area contributed by atoms with Crippen molar-refractivity contribution in [3.8, 4) is 0 Å². The smallest absolute Gasteiger partial charge is 0.335 e. The summed E-state index contributed by atoms with van der Waals surface area (Å²) in [5.74, 6) is -0.802. The molecule has 1 amide bonds. The highest BCUT2D eigenvalue weighted by Crippen LogP contribution is 2.23. The van der Waals surface area contributed by atoms with E-state index in [0.29, 0.717) is 29.7 Å². The number of hydrogen-bond acceptors (Lipinski definition) is 5. The van der Waals surface area contributed by atoms with Gasteiger partial charge in [0.1, 0.15) is 0 Å². The highest BCUT2D eigenvalue weighted by atomic mass is 35.5. The third-order valence-corrected chi connectivity index (χ3v) is 6.36. The zero-order valence-corrected chi connectivity index (χ0v) is 18.5. The van der Waals surface area contributed by atoms with E-state index in [1.807, 2.05) is 12.1 Å². The summed E-state index contributed by atoms with van der Waals surface area (Å²) in [6, 6.07) is 12.1. The molecule has 1 atom stereocenters. The molecule has 1 fully saturated rings. The highest BCUT2D eigenvalue weighted by molar-refractivity contribution is 8.00. The van der Waals surface area contributed by atoms with Crippen molar-refractivity contribution in [3.63, 3.8) is 0 Å². The second-order valence-corrected chi connectivity index (χ2v) is 8.76. The number of carbonyl (C=O) groups is 2. The van der Waals surface area contributed by atoms with Gasteiger partial charge in [-0.3, -0.25) is 9.69 Å². The first-order chi connectivity index (χ1) is 14.4. The topological polar surface area (TPSA) is 78.9 Å². The first-order valence-corrected chi connectivity index (χ1v) is 11.2. The van der Waals surface area contributed by atoms with Crippen molar-refractivity contribution < 1.29 is 19.4 Å². The molecule has 0 unspecified atom stereocenters.